The SMILES string of the molecule is COC(=O)c1c(N)cnn1C(F)C(F)F. The second-order valence-electron chi connectivity index (χ2n) is 2.59. The van der Waals surface area contributed by atoms with Crippen LogP contribution in [0, 0.1) is 0 Å². The Labute approximate surface area is 82.6 Å². The predicted octanol–water partition coefficient (Wildman–Crippen LogP) is 0.985. The second kappa shape index (κ2) is 4.20. The molecule has 0 aliphatic rings. The Morgan fingerprint density at radius 2 is 2.20 bits per heavy atom. The van der Waals surface area contributed by atoms with E-state index in [1.165, 1.54) is 0 Å². The van der Waals surface area contributed by atoms with Crippen LogP contribution < -0.4 is 5.73 Å². The molecular formula is C7H8F3N3O2. The lowest BCUT2D eigenvalue weighted by Crippen LogP contribution is -2.20. The molecule has 0 aliphatic carbocycles. The molecule has 1 aromatic heterocycles. The molecule has 8 heteroatoms. The van der Waals surface area contributed by atoms with Gasteiger partial charge in [-0.05, 0) is 0 Å². The number of nitrogen functional groups attached to an aromatic ring is 1. The van der Waals surface area contributed by atoms with E-state index in [0.29, 0.717) is 0 Å². The van der Waals surface area contributed by atoms with Gasteiger partial charge in [0.25, 0.3) is 12.7 Å². The molecule has 1 heterocycles. The summed E-state index contributed by atoms with van der Waals surface area (Å²) in [5.74, 6) is -1.02. The highest BCUT2D eigenvalue weighted by atomic mass is 19.3. The van der Waals surface area contributed by atoms with Crippen LogP contribution in [-0.4, -0.2) is 29.3 Å². The largest absolute Gasteiger partial charge is 0.464 e. The fourth-order valence-corrected chi connectivity index (χ4v) is 0.977. The highest BCUT2D eigenvalue weighted by Crippen LogP contribution is 2.22. The first kappa shape index (κ1) is 11.3. The van der Waals surface area contributed by atoms with E-state index in [-0.39, 0.29) is 10.4 Å². The predicted molar refractivity (Wildman–Crippen MR) is 44.1 cm³/mol. The van der Waals surface area contributed by atoms with E-state index < -0.39 is 24.4 Å². The van der Waals surface area contributed by atoms with Crippen LogP contribution in [0.25, 0.3) is 0 Å². The van der Waals surface area contributed by atoms with Crippen molar-refractivity contribution in [1.82, 2.24) is 9.78 Å². The van der Waals surface area contributed by atoms with Crippen LogP contribution in [0.3, 0.4) is 0 Å². The standard InChI is InChI=1S/C7H8F3N3O2/c1-15-7(14)4-3(11)2-12-13(4)6(10)5(8)9/h2,5-6H,11H2,1H3. The summed E-state index contributed by atoms with van der Waals surface area (Å²) in [7, 11) is 1.02. The Hall–Kier alpha value is -1.73. The first-order valence-electron chi connectivity index (χ1n) is 3.82. The summed E-state index contributed by atoms with van der Waals surface area (Å²) in [6.45, 7) is 0. The molecule has 15 heavy (non-hydrogen) atoms. The molecule has 0 saturated heterocycles. The van der Waals surface area contributed by atoms with E-state index in [0.717, 1.165) is 13.3 Å². The topological polar surface area (TPSA) is 70.1 Å². The van der Waals surface area contributed by atoms with Crippen molar-refractivity contribution < 1.29 is 22.7 Å². The van der Waals surface area contributed by atoms with Gasteiger partial charge < -0.3 is 10.5 Å². The monoisotopic (exact) mass is 223 g/mol. The minimum absolute atomic E-state index is 0.200. The van der Waals surface area contributed by atoms with E-state index >= 15 is 0 Å². The molecule has 84 valence electrons. The van der Waals surface area contributed by atoms with Gasteiger partial charge in [-0.2, -0.15) is 5.10 Å². The molecule has 0 saturated carbocycles. The third kappa shape index (κ3) is 2.03. The van der Waals surface area contributed by atoms with Gasteiger partial charge in [0.1, 0.15) is 0 Å². The van der Waals surface area contributed by atoms with Crippen molar-refractivity contribution in [2.45, 2.75) is 12.7 Å². The second-order valence-corrected chi connectivity index (χ2v) is 2.59. The summed E-state index contributed by atoms with van der Waals surface area (Å²) in [5, 5.41) is 3.24. The van der Waals surface area contributed by atoms with E-state index in [4.69, 9.17) is 5.73 Å². The highest BCUT2D eigenvalue weighted by Gasteiger charge is 2.29. The minimum atomic E-state index is -3.30. The average Bonchev–Trinajstić information content (AvgIpc) is 2.57. The first-order valence-corrected chi connectivity index (χ1v) is 3.82. The number of ether oxygens (including phenoxy) is 1. The molecule has 2 N–H and O–H groups in total. The smallest absolute Gasteiger partial charge is 0.358 e. The number of alkyl halides is 3. The van der Waals surface area contributed by atoms with Gasteiger partial charge in [0, 0.05) is 0 Å². The number of esters is 1. The van der Waals surface area contributed by atoms with Crippen molar-refractivity contribution in [1.29, 1.82) is 0 Å². The Morgan fingerprint density at radius 3 is 2.67 bits per heavy atom. The number of hydrogen-bond acceptors (Lipinski definition) is 4. The van der Waals surface area contributed by atoms with Crippen molar-refractivity contribution in [3.63, 3.8) is 0 Å². The van der Waals surface area contributed by atoms with Gasteiger partial charge in [-0.1, -0.05) is 0 Å². The molecule has 0 spiro atoms. The zero-order valence-corrected chi connectivity index (χ0v) is 7.65. The summed E-state index contributed by atoms with van der Waals surface area (Å²) >= 11 is 0. The van der Waals surface area contributed by atoms with E-state index in [1.54, 1.807) is 0 Å². The Morgan fingerprint density at radius 1 is 1.60 bits per heavy atom. The molecule has 1 rings (SSSR count). The lowest BCUT2D eigenvalue weighted by molar-refractivity contribution is -0.00206. The van der Waals surface area contributed by atoms with E-state index in [1.807, 2.05) is 0 Å². The van der Waals surface area contributed by atoms with Gasteiger partial charge in [0.05, 0.1) is 19.0 Å². The third-order valence-electron chi connectivity index (χ3n) is 1.64. The molecule has 1 unspecified atom stereocenters. The maximum Gasteiger partial charge on any atom is 0.358 e. The molecule has 0 bridgehead atoms. The highest BCUT2D eigenvalue weighted by molar-refractivity contribution is 5.92. The molecule has 1 aromatic rings. The van der Waals surface area contributed by atoms with Gasteiger partial charge in [-0.25, -0.2) is 22.6 Å². The van der Waals surface area contributed by atoms with Gasteiger partial charge in [-0.15, -0.1) is 0 Å². The number of anilines is 1. The molecule has 0 aromatic carbocycles. The maximum atomic E-state index is 12.9. The van der Waals surface area contributed by atoms with Crippen LogP contribution in [0.5, 0.6) is 0 Å². The summed E-state index contributed by atoms with van der Waals surface area (Å²) in [6, 6.07) is 0. The maximum absolute atomic E-state index is 12.9. The normalized spacial score (nSPS) is 12.9. The van der Waals surface area contributed by atoms with Crippen molar-refractivity contribution in [2.24, 2.45) is 0 Å². The number of hydrogen-bond donors (Lipinski definition) is 1. The Balaban J connectivity index is 3.14. The van der Waals surface area contributed by atoms with Gasteiger partial charge in [0.15, 0.2) is 5.69 Å². The zero-order valence-electron chi connectivity index (χ0n) is 7.65. The number of carbonyl (C=O) groups excluding carboxylic acids is 1. The number of halogens is 3. The molecule has 0 fully saturated rings. The van der Waals surface area contributed by atoms with E-state index in [2.05, 4.69) is 9.84 Å². The first-order chi connectivity index (χ1) is 6.99. The lowest BCUT2D eigenvalue weighted by atomic mass is 10.3. The number of carbonyl (C=O) groups is 1. The quantitative estimate of drug-likeness (QED) is 0.775. The number of nitrogens with two attached hydrogens (primary N) is 1. The van der Waals surface area contributed by atoms with Crippen LogP contribution in [0.4, 0.5) is 18.9 Å². The van der Waals surface area contributed by atoms with Crippen LogP contribution in [0.2, 0.25) is 0 Å². The molecular weight excluding hydrogens is 215 g/mol. The van der Waals surface area contributed by atoms with Gasteiger partial charge >= 0.3 is 5.97 Å². The van der Waals surface area contributed by atoms with Crippen LogP contribution in [0.1, 0.15) is 16.8 Å². The number of methoxy groups -OCH3 is 1. The molecule has 5 nitrogen and oxygen atoms in total. The summed E-state index contributed by atoms with van der Waals surface area (Å²) in [5.41, 5.74) is 4.52. The summed E-state index contributed by atoms with van der Waals surface area (Å²) in [6.07, 6.45) is -5.12. The van der Waals surface area contributed by atoms with Gasteiger partial charge in [0.2, 0.25) is 0 Å². The van der Waals surface area contributed by atoms with E-state index in [9.17, 15) is 18.0 Å². The van der Waals surface area contributed by atoms with Crippen LogP contribution >= 0.6 is 0 Å². The van der Waals surface area contributed by atoms with Crippen molar-refractivity contribution in [2.75, 3.05) is 12.8 Å². The average molecular weight is 223 g/mol. The fraction of sp³-hybridized carbons (Fsp3) is 0.429. The van der Waals surface area contributed by atoms with Crippen molar-refractivity contribution >= 4 is 11.7 Å². The number of rotatable bonds is 3. The fourth-order valence-electron chi connectivity index (χ4n) is 0.977. The molecule has 0 amide bonds. The Kier molecular flexibility index (Phi) is 3.17. The molecule has 0 radical (unpaired) electrons. The van der Waals surface area contributed by atoms with Crippen LogP contribution in [-0.2, 0) is 4.74 Å². The number of nitrogens with zero attached hydrogens (tertiary/aromatic N) is 2. The number of aromatic nitrogens is 2. The molecule has 0 aliphatic heterocycles. The van der Waals surface area contributed by atoms with Crippen molar-refractivity contribution in [3.8, 4) is 0 Å². The van der Waals surface area contributed by atoms with Crippen molar-refractivity contribution in [3.05, 3.63) is 11.9 Å². The summed E-state index contributed by atoms with van der Waals surface area (Å²) in [4.78, 5) is 11.1. The lowest BCUT2D eigenvalue weighted by Gasteiger charge is -2.10. The van der Waals surface area contributed by atoms with Crippen LogP contribution in [0.15, 0.2) is 6.20 Å². The van der Waals surface area contributed by atoms with Gasteiger partial charge in [-0.3, -0.25) is 0 Å². The molecule has 1 atom stereocenters. The third-order valence-corrected chi connectivity index (χ3v) is 1.64. The summed E-state index contributed by atoms with van der Waals surface area (Å²) < 4.78 is 41.5. The minimum Gasteiger partial charge on any atom is -0.464 e. The Bertz CT molecular complexity index is 366. The zero-order chi connectivity index (χ0) is 11.6.